The van der Waals surface area contributed by atoms with Crippen LogP contribution in [0.5, 0.6) is 0 Å². The Morgan fingerprint density at radius 2 is 2.13 bits per heavy atom. The SMILES string of the molecule is Cc1c(Cl)cccc1NC(=O)C1=CN2CCS(=O)(=O)N=C2C=C1. The molecule has 6 nitrogen and oxygen atoms in total. The van der Waals surface area contributed by atoms with E-state index in [1.54, 1.807) is 35.4 Å². The highest BCUT2D eigenvalue weighted by molar-refractivity contribution is 7.90. The molecule has 1 aromatic rings. The fourth-order valence-electron chi connectivity index (χ4n) is 2.27. The van der Waals surface area contributed by atoms with Crippen LogP contribution in [-0.2, 0) is 14.8 Å². The largest absolute Gasteiger partial charge is 0.330 e. The Labute approximate surface area is 139 Å². The molecule has 1 N–H and O–H groups in total. The van der Waals surface area contributed by atoms with Crippen LogP contribution in [0.15, 0.2) is 46.5 Å². The minimum absolute atomic E-state index is 0.0663. The van der Waals surface area contributed by atoms with Crippen molar-refractivity contribution in [3.8, 4) is 0 Å². The summed E-state index contributed by atoms with van der Waals surface area (Å²) in [5.74, 6) is -0.0331. The molecule has 3 rings (SSSR count). The van der Waals surface area contributed by atoms with E-state index in [1.807, 2.05) is 6.92 Å². The van der Waals surface area contributed by atoms with E-state index in [-0.39, 0.29) is 18.2 Å². The second-order valence-electron chi connectivity index (χ2n) is 5.21. The molecular formula is C15H14ClN3O3S. The van der Waals surface area contributed by atoms with Crippen LogP contribution < -0.4 is 5.32 Å². The first kappa shape index (κ1) is 15.8. The highest BCUT2D eigenvalue weighted by Crippen LogP contribution is 2.24. The normalized spacial score (nSPS) is 18.8. The maximum Gasteiger partial charge on any atom is 0.257 e. The zero-order chi connectivity index (χ0) is 16.6. The Morgan fingerprint density at radius 3 is 2.91 bits per heavy atom. The molecule has 0 aliphatic carbocycles. The maximum absolute atomic E-state index is 12.4. The van der Waals surface area contributed by atoms with Gasteiger partial charge in [-0.2, -0.15) is 0 Å². The molecule has 0 saturated carbocycles. The lowest BCUT2D eigenvalue weighted by Gasteiger charge is -2.27. The van der Waals surface area contributed by atoms with Crippen LogP contribution in [0, 0.1) is 6.92 Å². The summed E-state index contributed by atoms with van der Waals surface area (Å²) in [5.41, 5.74) is 1.84. The molecule has 0 aromatic heterocycles. The molecular weight excluding hydrogens is 338 g/mol. The van der Waals surface area contributed by atoms with Crippen molar-refractivity contribution >= 4 is 39.1 Å². The molecule has 0 spiro atoms. The molecule has 2 aliphatic heterocycles. The average molecular weight is 352 g/mol. The number of sulfonamides is 1. The van der Waals surface area contributed by atoms with Crippen molar-refractivity contribution in [2.75, 3.05) is 17.6 Å². The van der Waals surface area contributed by atoms with Crippen molar-refractivity contribution < 1.29 is 13.2 Å². The van der Waals surface area contributed by atoms with Gasteiger partial charge in [0.05, 0.1) is 11.3 Å². The molecule has 0 radical (unpaired) electrons. The zero-order valence-electron chi connectivity index (χ0n) is 12.3. The number of nitrogens with zero attached hydrogens (tertiary/aromatic N) is 2. The lowest BCUT2D eigenvalue weighted by molar-refractivity contribution is -0.112. The second kappa shape index (κ2) is 5.82. The van der Waals surface area contributed by atoms with Gasteiger partial charge < -0.3 is 10.2 Å². The van der Waals surface area contributed by atoms with Gasteiger partial charge in [-0.3, -0.25) is 4.79 Å². The summed E-state index contributed by atoms with van der Waals surface area (Å²) in [4.78, 5) is 14.0. The van der Waals surface area contributed by atoms with Gasteiger partial charge in [0.2, 0.25) is 0 Å². The van der Waals surface area contributed by atoms with Crippen LogP contribution in [0.4, 0.5) is 5.69 Å². The Morgan fingerprint density at radius 1 is 1.35 bits per heavy atom. The molecule has 0 fully saturated rings. The van der Waals surface area contributed by atoms with Gasteiger partial charge in [-0.25, -0.2) is 8.42 Å². The number of hydrogen-bond donors (Lipinski definition) is 1. The molecule has 1 aromatic carbocycles. The second-order valence-corrected chi connectivity index (χ2v) is 7.38. The molecule has 2 aliphatic rings. The van der Waals surface area contributed by atoms with E-state index in [0.717, 1.165) is 5.56 Å². The van der Waals surface area contributed by atoms with Crippen molar-refractivity contribution in [1.29, 1.82) is 0 Å². The number of benzene rings is 1. The molecule has 0 saturated heterocycles. The van der Waals surface area contributed by atoms with E-state index in [0.29, 0.717) is 22.1 Å². The van der Waals surface area contributed by atoms with Crippen LogP contribution in [0.3, 0.4) is 0 Å². The number of hydrogen-bond acceptors (Lipinski definition) is 4. The van der Waals surface area contributed by atoms with E-state index >= 15 is 0 Å². The van der Waals surface area contributed by atoms with Crippen LogP contribution in [0.1, 0.15) is 5.56 Å². The summed E-state index contributed by atoms with van der Waals surface area (Å²) in [6.07, 6.45) is 4.67. The van der Waals surface area contributed by atoms with Crippen molar-refractivity contribution in [3.05, 3.63) is 52.7 Å². The summed E-state index contributed by atoms with van der Waals surface area (Å²) < 4.78 is 26.6. The fraction of sp³-hybridized carbons (Fsp3) is 0.200. The summed E-state index contributed by atoms with van der Waals surface area (Å²) in [6, 6.07) is 5.28. The van der Waals surface area contributed by atoms with Crippen LogP contribution in [0.25, 0.3) is 0 Å². The van der Waals surface area contributed by atoms with Gasteiger partial charge in [-0.15, -0.1) is 4.40 Å². The quantitative estimate of drug-likeness (QED) is 0.884. The summed E-state index contributed by atoms with van der Waals surface area (Å²) in [5, 5.41) is 3.38. The van der Waals surface area contributed by atoms with Crippen LogP contribution >= 0.6 is 11.6 Å². The molecule has 23 heavy (non-hydrogen) atoms. The van der Waals surface area contributed by atoms with Gasteiger partial charge in [-0.1, -0.05) is 17.7 Å². The first-order valence-electron chi connectivity index (χ1n) is 6.91. The number of carbonyl (C=O) groups is 1. The first-order chi connectivity index (χ1) is 10.9. The number of amides is 1. The van der Waals surface area contributed by atoms with E-state index < -0.39 is 10.0 Å². The predicted molar refractivity (Wildman–Crippen MR) is 90.0 cm³/mol. The third-order valence-corrected chi connectivity index (χ3v) is 5.18. The van der Waals surface area contributed by atoms with E-state index in [2.05, 4.69) is 9.71 Å². The highest BCUT2D eigenvalue weighted by atomic mass is 35.5. The topological polar surface area (TPSA) is 78.8 Å². The summed E-state index contributed by atoms with van der Waals surface area (Å²) in [6.45, 7) is 2.10. The van der Waals surface area contributed by atoms with Crippen LogP contribution in [-0.4, -0.2) is 37.4 Å². The van der Waals surface area contributed by atoms with Crippen molar-refractivity contribution in [1.82, 2.24) is 4.90 Å². The third kappa shape index (κ3) is 3.30. The molecule has 0 unspecified atom stereocenters. The van der Waals surface area contributed by atoms with Crippen LogP contribution in [0.2, 0.25) is 5.02 Å². The van der Waals surface area contributed by atoms with Crippen molar-refractivity contribution in [2.45, 2.75) is 6.92 Å². The average Bonchev–Trinajstić information content (AvgIpc) is 2.50. The molecule has 2 heterocycles. The van der Waals surface area contributed by atoms with Crippen molar-refractivity contribution in [3.63, 3.8) is 0 Å². The van der Waals surface area contributed by atoms with E-state index in [9.17, 15) is 13.2 Å². The van der Waals surface area contributed by atoms with Gasteiger partial charge in [0.15, 0.2) is 0 Å². The van der Waals surface area contributed by atoms with Gasteiger partial charge in [0, 0.05) is 23.5 Å². The van der Waals surface area contributed by atoms with Gasteiger partial charge in [0.25, 0.3) is 15.9 Å². The number of halogens is 1. The first-order valence-corrected chi connectivity index (χ1v) is 8.90. The summed E-state index contributed by atoms with van der Waals surface area (Å²) >= 11 is 6.04. The smallest absolute Gasteiger partial charge is 0.257 e. The number of fused-ring (bicyclic) bond motifs is 1. The molecule has 0 atom stereocenters. The van der Waals surface area contributed by atoms with Gasteiger partial charge >= 0.3 is 0 Å². The van der Waals surface area contributed by atoms with E-state index in [4.69, 9.17) is 11.6 Å². The number of carbonyl (C=O) groups excluding carboxylic acids is 1. The predicted octanol–water partition coefficient (Wildman–Crippen LogP) is 2.08. The summed E-state index contributed by atoms with van der Waals surface area (Å²) in [7, 11) is -3.40. The maximum atomic E-state index is 12.4. The van der Waals surface area contributed by atoms with Gasteiger partial charge in [-0.05, 0) is 36.8 Å². The zero-order valence-corrected chi connectivity index (χ0v) is 13.9. The Kier molecular flexibility index (Phi) is 3.99. The minimum atomic E-state index is -3.40. The molecule has 1 amide bonds. The Hall–Kier alpha value is -2.12. The van der Waals surface area contributed by atoms with E-state index in [1.165, 1.54) is 6.08 Å². The number of anilines is 1. The number of amidine groups is 1. The third-order valence-electron chi connectivity index (χ3n) is 3.60. The number of nitrogens with one attached hydrogen (secondary N) is 1. The lowest BCUT2D eigenvalue weighted by Crippen LogP contribution is -2.37. The molecule has 8 heteroatoms. The Bertz CT molecular complexity index is 872. The Balaban J connectivity index is 1.81. The molecule has 0 bridgehead atoms. The minimum Gasteiger partial charge on any atom is -0.330 e. The molecule has 120 valence electrons. The lowest BCUT2D eigenvalue weighted by atomic mass is 10.1. The fourth-order valence-corrected chi connectivity index (χ4v) is 3.42. The standard InChI is InChI=1S/C15H14ClN3O3S/c1-10-12(16)3-2-4-13(10)17-15(20)11-5-6-14-18-23(21,22)8-7-19(14)9-11/h2-6,9H,7-8H2,1H3,(H,17,20). The monoisotopic (exact) mass is 351 g/mol. The number of rotatable bonds is 2. The highest BCUT2D eigenvalue weighted by Gasteiger charge is 2.25. The van der Waals surface area contributed by atoms with Gasteiger partial charge in [0.1, 0.15) is 5.84 Å². The van der Waals surface area contributed by atoms with Crippen molar-refractivity contribution in [2.24, 2.45) is 4.40 Å².